The minimum Gasteiger partial charge on any atom is -0.481 e. The maximum Gasteiger partial charge on any atom is 0.303 e. The molecule has 25 heavy (non-hydrogen) atoms. The number of carbonyl (C=O) groups excluding carboxylic acids is 1. The third-order valence-corrected chi connectivity index (χ3v) is 5.64. The lowest BCUT2D eigenvalue weighted by Gasteiger charge is -2.36. The molecule has 134 valence electrons. The van der Waals surface area contributed by atoms with Crippen molar-refractivity contribution in [1.82, 2.24) is 9.88 Å². The minimum atomic E-state index is -0.780. The van der Waals surface area contributed by atoms with Crippen LogP contribution >= 0.6 is 15.9 Å². The van der Waals surface area contributed by atoms with Crippen LogP contribution < -0.4 is 5.32 Å². The van der Waals surface area contributed by atoms with Gasteiger partial charge in [0.25, 0.3) is 0 Å². The van der Waals surface area contributed by atoms with Crippen LogP contribution in [0.5, 0.6) is 0 Å². The largest absolute Gasteiger partial charge is 0.481 e. The van der Waals surface area contributed by atoms with Crippen LogP contribution in [-0.4, -0.2) is 28.1 Å². The Morgan fingerprint density at radius 3 is 2.68 bits per heavy atom. The molecule has 2 N–H and O–H groups in total. The van der Waals surface area contributed by atoms with E-state index in [1.807, 2.05) is 35.0 Å². The molecule has 0 atom stereocenters. The monoisotopic (exact) mass is 406 g/mol. The topological polar surface area (TPSA) is 71.3 Å². The van der Waals surface area contributed by atoms with Gasteiger partial charge >= 0.3 is 5.97 Å². The Morgan fingerprint density at radius 2 is 1.96 bits per heavy atom. The van der Waals surface area contributed by atoms with Crippen LogP contribution in [0.3, 0.4) is 0 Å². The zero-order valence-corrected chi connectivity index (χ0v) is 15.7. The van der Waals surface area contributed by atoms with E-state index in [0.29, 0.717) is 6.54 Å². The first kappa shape index (κ1) is 18.0. The lowest BCUT2D eigenvalue weighted by molar-refractivity contribution is -0.140. The molecule has 0 bridgehead atoms. The maximum atomic E-state index is 12.4. The maximum absolute atomic E-state index is 12.4. The van der Waals surface area contributed by atoms with Crippen molar-refractivity contribution in [1.29, 1.82) is 0 Å². The summed E-state index contributed by atoms with van der Waals surface area (Å²) >= 11 is 3.46. The summed E-state index contributed by atoms with van der Waals surface area (Å²) < 4.78 is 2.89. The van der Waals surface area contributed by atoms with Crippen molar-refractivity contribution < 1.29 is 14.7 Å². The molecule has 1 amide bonds. The van der Waals surface area contributed by atoms with Crippen LogP contribution in [0.2, 0.25) is 0 Å². The summed E-state index contributed by atoms with van der Waals surface area (Å²) in [5, 5.41) is 13.3. The summed E-state index contributed by atoms with van der Waals surface area (Å²) in [6.07, 6.45) is 7.02. The van der Waals surface area contributed by atoms with E-state index in [1.54, 1.807) is 0 Å². The summed E-state index contributed by atoms with van der Waals surface area (Å²) in [7, 11) is 0. The number of nitrogens with one attached hydrogen (secondary N) is 1. The second-order valence-corrected chi connectivity index (χ2v) is 7.97. The van der Waals surface area contributed by atoms with Gasteiger partial charge in [-0.2, -0.15) is 0 Å². The fourth-order valence-corrected chi connectivity index (χ4v) is 4.18. The average Bonchev–Trinajstić information content (AvgIpc) is 2.95. The second kappa shape index (κ2) is 7.60. The molecule has 1 aromatic heterocycles. The van der Waals surface area contributed by atoms with Gasteiger partial charge in [-0.3, -0.25) is 9.59 Å². The van der Waals surface area contributed by atoms with Crippen molar-refractivity contribution in [3.8, 4) is 0 Å². The van der Waals surface area contributed by atoms with E-state index in [9.17, 15) is 14.7 Å². The van der Waals surface area contributed by atoms with Crippen LogP contribution in [0.25, 0.3) is 10.9 Å². The lowest BCUT2D eigenvalue weighted by Crippen LogP contribution is -2.41. The van der Waals surface area contributed by atoms with Crippen molar-refractivity contribution in [3.05, 3.63) is 34.9 Å². The highest BCUT2D eigenvalue weighted by molar-refractivity contribution is 9.10. The molecule has 1 aliphatic rings. The first-order chi connectivity index (χ1) is 12.0. The molecule has 0 radical (unpaired) electrons. The van der Waals surface area contributed by atoms with E-state index < -0.39 is 5.97 Å². The summed E-state index contributed by atoms with van der Waals surface area (Å²) in [6, 6.07) is 7.97. The van der Waals surface area contributed by atoms with Gasteiger partial charge in [0, 0.05) is 22.7 Å². The standard InChI is InChI=1S/C19H23BrN2O3/c20-15-5-4-14-6-9-22(16(14)10-15)12-17(23)21-13-19(11-18(24)25)7-2-1-3-8-19/h4-6,9-10H,1-3,7-8,11-13H2,(H,21,23)(H,24,25). The number of halogens is 1. The number of benzene rings is 1. The highest BCUT2D eigenvalue weighted by Crippen LogP contribution is 2.38. The van der Waals surface area contributed by atoms with Crippen LogP contribution in [0.15, 0.2) is 34.9 Å². The quantitative estimate of drug-likeness (QED) is 0.762. The Morgan fingerprint density at radius 1 is 1.20 bits per heavy atom. The molecule has 2 aromatic rings. The van der Waals surface area contributed by atoms with E-state index in [1.165, 1.54) is 0 Å². The number of carboxylic acid groups (broad SMARTS) is 1. The molecule has 0 aliphatic heterocycles. The molecule has 1 aromatic carbocycles. The molecular weight excluding hydrogens is 384 g/mol. The van der Waals surface area contributed by atoms with E-state index in [2.05, 4.69) is 21.2 Å². The summed E-state index contributed by atoms with van der Waals surface area (Å²) in [5.74, 6) is -0.856. The van der Waals surface area contributed by atoms with Gasteiger partial charge in [0.2, 0.25) is 5.91 Å². The predicted octanol–water partition coefficient (Wildman–Crippen LogP) is 3.95. The highest BCUT2D eigenvalue weighted by atomic mass is 79.9. The van der Waals surface area contributed by atoms with Crippen LogP contribution in [0.4, 0.5) is 0 Å². The summed E-state index contributed by atoms with van der Waals surface area (Å²) in [5.41, 5.74) is 0.712. The van der Waals surface area contributed by atoms with Gasteiger partial charge in [-0.1, -0.05) is 41.3 Å². The normalized spacial score (nSPS) is 16.7. The number of rotatable bonds is 6. The van der Waals surface area contributed by atoms with Gasteiger partial charge in [0.05, 0.1) is 6.42 Å². The zero-order valence-electron chi connectivity index (χ0n) is 14.1. The minimum absolute atomic E-state index is 0.0761. The average molecular weight is 407 g/mol. The summed E-state index contributed by atoms with van der Waals surface area (Å²) in [4.78, 5) is 23.6. The Kier molecular flexibility index (Phi) is 5.47. The van der Waals surface area contributed by atoms with Gasteiger partial charge in [-0.25, -0.2) is 0 Å². The number of aromatic nitrogens is 1. The van der Waals surface area contributed by atoms with E-state index >= 15 is 0 Å². The predicted molar refractivity (Wildman–Crippen MR) is 100 cm³/mol. The molecule has 1 fully saturated rings. The van der Waals surface area contributed by atoms with E-state index in [4.69, 9.17) is 0 Å². The Hall–Kier alpha value is -1.82. The molecule has 3 rings (SSSR count). The number of nitrogens with zero attached hydrogens (tertiary/aromatic N) is 1. The number of aliphatic carboxylic acids is 1. The van der Waals surface area contributed by atoms with Crippen LogP contribution in [0.1, 0.15) is 38.5 Å². The van der Waals surface area contributed by atoms with Crippen molar-refractivity contribution >= 4 is 38.7 Å². The molecule has 0 unspecified atom stereocenters. The van der Waals surface area contributed by atoms with Crippen LogP contribution in [-0.2, 0) is 16.1 Å². The van der Waals surface area contributed by atoms with Gasteiger partial charge in [0.15, 0.2) is 0 Å². The number of carboxylic acids is 1. The van der Waals surface area contributed by atoms with Crippen molar-refractivity contribution in [2.24, 2.45) is 5.41 Å². The van der Waals surface area contributed by atoms with Crippen molar-refractivity contribution in [2.75, 3.05) is 6.54 Å². The number of amides is 1. The number of fused-ring (bicyclic) bond motifs is 1. The Balaban J connectivity index is 1.64. The summed E-state index contributed by atoms with van der Waals surface area (Å²) in [6.45, 7) is 0.685. The van der Waals surface area contributed by atoms with Gasteiger partial charge in [0.1, 0.15) is 6.54 Å². The lowest BCUT2D eigenvalue weighted by atomic mass is 9.71. The smallest absolute Gasteiger partial charge is 0.303 e. The Labute approximate surface area is 155 Å². The van der Waals surface area contributed by atoms with E-state index in [0.717, 1.165) is 47.5 Å². The molecule has 0 spiro atoms. The molecule has 6 heteroatoms. The number of hydrogen-bond acceptors (Lipinski definition) is 2. The molecular formula is C19H23BrN2O3. The first-order valence-corrected chi connectivity index (χ1v) is 9.50. The zero-order chi connectivity index (χ0) is 17.9. The van der Waals surface area contributed by atoms with Crippen molar-refractivity contribution in [2.45, 2.75) is 45.1 Å². The van der Waals surface area contributed by atoms with Gasteiger partial charge in [-0.05, 0) is 41.8 Å². The van der Waals surface area contributed by atoms with Crippen molar-refractivity contribution in [3.63, 3.8) is 0 Å². The first-order valence-electron chi connectivity index (χ1n) is 8.70. The van der Waals surface area contributed by atoms with Gasteiger partial charge < -0.3 is 15.0 Å². The van der Waals surface area contributed by atoms with Crippen LogP contribution in [0, 0.1) is 5.41 Å². The number of carbonyl (C=O) groups is 2. The third kappa shape index (κ3) is 4.42. The highest BCUT2D eigenvalue weighted by Gasteiger charge is 2.34. The molecule has 1 saturated carbocycles. The SMILES string of the molecule is O=C(O)CC1(CNC(=O)Cn2ccc3ccc(Br)cc32)CCCCC1. The number of hydrogen-bond donors (Lipinski definition) is 2. The third-order valence-electron chi connectivity index (χ3n) is 5.15. The van der Waals surface area contributed by atoms with E-state index in [-0.39, 0.29) is 24.3 Å². The molecule has 1 aliphatic carbocycles. The fraction of sp³-hybridized carbons (Fsp3) is 0.474. The molecule has 1 heterocycles. The van der Waals surface area contributed by atoms with Gasteiger partial charge in [-0.15, -0.1) is 0 Å². The second-order valence-electron chi connectivity index (χ2n) is 7.05. The fourth-order valence-electron chi connectivity index (χ4n) is 3.83. The Bertz CT molecular complexity index is 778. The molecule has 5 nitrogen and oxygen atoms in total. The molecule has 0 saturated heterocycles.